The van der Waals surface area contributed by atoms with Gasteiger partial charge in [-0.2, -0.15) is 0 Å². The molecule has 4 heteroatoms. The molecule has 0 aliphatic carbocycles. The summed E-state index contributed by atoms with van der Waals surface area (Å²) in [6.07, 6.45) is 1.81. The van der Waals surface area contributed by atoms with E-state index in [2.05, 4.69) is 35.0 Å². The van der Waals surface area contributed by atoms with Crippen LogP contribution in [0.1, 0.15) is 52.1 Å². The number of piperidine rings is 1. The smallest absolute Gasteiger partial charge is 0.410 e. The summed E-state index contributed by atoms with van der Waals surface area (Å²) in [5, 5.41) is 0. The van der Waals surface area contributed by atoms with Crippen molar-refractivity contribution < 1.29 is 9.53 Å². The molecule has 1 aliphatic rings. The molecule has 0 N–H and O–H groups in total. The lowest BCUT2D eigenvalue weighted by atomic mass is 9.88. The summed E-state index contributed by atoms with van der Waals surface area (Å²) in [7, 11) is 0. The number of benzene rings is 1. The Balaban J connectivity index is 2.21. The monoisotopic (exact) mass is 353 g/mol. The molecule has 0 radical (unpaired) electrons. The Labute approximate surface area is 135 Å². The zero-order valence-electron chi connectivity index (χ0n) is 13.2. The van der Waals surface area contributed by atoms with Gasteiger partial charge in [-0.05, 0) is 57.2 Å². The highest BCUT2D eigenvalue weighted by Gasteiger charge is 2.33. The van der Waals surface area contributed by atoms with E-state index in [0.29, 0.717) is 5.92 Å². The molecule has 1 saturated heterocycles. The SMILES string of the molecule is CC1CCN(C(=O)OC(C)(C)C)C(c2ccc(Br)cc2)C1. The van der Waals surface area contributed by atoms with Gasteiger partial charge in [0, 0.05) is 11.0 Å². The topological polar surface area (TPSA) is 29.5 Å². The fraction of sp³-hybridized carbons (Fsp3) is 0.588. The lowest BCUT2D eigenvalue weighted by Gasteiger charge is -2.39. The van der Waals surface area contributed by atoms with Gasteiger partial charge in [0.15, 0.2) is 0 Å². The van der Waals surface area contributed by atoms with Crippen molar-refractivity contribution in [2.45, 2.75) is 52.2 Å². The first-order chi connectivity index (χ1) is 9.76. The predicted molar refractivity (Wildman–Crippen MR) is 88.2 cm³/mol. The van der Waals surface area contributed by atoms with Crippen LogP contribution in [-0.2, 0) is 4.74 Å². The number of hydrogen-bond acceptors (Lipinski definition) is 2. The zero-order valence-corrected chi connectivity index (χ0v) is 14.8. The number of likely N-dealkylation sites (tertiary alicyclic amines) is 1. The number of rotatable bonds is 1. The quantitative estimate of drug-likeness (QED) is 0.697. The van der Waals surface area contributed by atoms with Crippen LogP contribution in [0.15, 0.2) is 28.7 Å². The van der Waals surface area contributed by atoms with Gasteiger partial charge < -0.3 is 9.64 Å². The van der Waals surface area contributed by atoms with Gasteiger partial charge in [-0.3, -0.25) is 0 Å². The molecule has 2 rings (SSSR count). The van der Waals surface area contributed by atoms with Crippen LogP contribution in [-0.4, -0.2) is 23.1 Å². The van der Waals surface area contributed by atoms with Gasteiger partial charge in [-0.1, -0.05) is 35.0 Å². The normalized spacial score (nSPS) is 23.0. The average molecular weight is 354 g/mol. The van der Waals surface area contributed by atoms with Gasteiger partial charge in [-0.25, -0.2) is 4.79 Å². The van der Waals surface area contributed by atoms with Gasteiger partial charge in [0.2, 0.25) is 0 Å². The molecule has 2 atom stereocenters. The van der Waals surface area contributed by atoms with Gasteiger partial charge in [0.05, 0.1) is 6.04 Å². The molecule has 0 bridgehead atoms. The third kappa shape index (κ3) is 4.47. The molecule has 1 fully saturated rings. The van der Waals surface area contributed by atoms with Crippen LogP contribution in [0.5, 0.6) is 0 Å². The molecule has 1 aromatic carbocycles. The van der Waals surface area contributed by atoms with Crippen LogP contribution in [0.4, 0.5) is 4.79 Å². The van der Waals surface area contributed by atoms with Crippen molar-refractivity contribution in [3.63, 3.8) is 0 Å². The van der Waals surface area contributed by atoms with E-state index in [1.807, 2.05) is 37.8 Å². The van der Waals surface area contributed by atoms with E-state index in [1.165, 1.54) is 5.56 Å². The number of carbonyl (C=O) groups excluding carboxylic acids is 1. The minimum absolute atomic E-state index is 0.108. The molecule has 0 saturated carbocycles. The minimum atomic E-state index is -0.454. The highest BCUT2D eigenvalue weighted by atomic mass is 79.9. The molecule has 1 aliphatic heterocycles. The van der Waals surface area contributed by atoms with Crippen molar-refractivity contribution in [2.24, 2.45) is 5.92 Å². The largest absolute Gasteiger partial charge is 0.444 e. The first kappa shape index (κ1) is 16.3. The molecule has 1 heterocycles. The van der Waals surface area contributed by atoms with Crippen molar-refractivity contribution in [1.29, 1.82) is 0 Å². The molecule has 2 unspecified atom stereocenters. The minimum Gasteiger partial charge on any atom is -0.444 e. The van der Waals surface area contributed by atoms with Crippen LogP contribution in [0.3, 0.4) is 0 Å². The lowest BCUT2D eigenvalue weighted by molar-refractivity contribution is 0.00512. The van der Waals surface area contributed by atoms with Crippen LogP contribution >= 0.6 is 15.9 Å². The maximum atomic E-state index is 12.5. The van der Waals surface area contributed by atoms with Crippen LogP contribution in [0.2, 0.25) is 0 Å². The van der Waals surface area contributed by atoms with Crippen molar-refractivity contribution in [1.82, 2.24) is 4.90 Å². The van der Waals surface area contributed by atoms with Gasteiger partial charge in [-0.15, -0.1) is 0 Å². The Morgan fingerprint density at radius 1 is 1.29 bits per heavy atom. The van der Waals surface area contributed by atoms with E-state index in [9.17, 15) is 4.79 Å². The van der Waals surface area contributed by atoms with E-state index >= 15 is 0 Å². The summed E-state index contributed by atoms with van der Waals surface area (Å²) >= 11 is 3.46. The summed E-state index contributed by atoms with van der Waals surface area (Å²) in [6, 6.07) is 8.34. The van der Waals surface area contributed by atoms with Gasteiger partial charge in [0.25, 0.3) is 0 Å². The summed E-state index contributed by atoms with van der Waals surface area (Å²) in [5.41, 5.74) is 0.723. The van der Waals surface area contributed by atoms with Gasteiger partial charge in [0.1, 0.15) is 5.60 Å². The molecule has 1 amide bonds. The lowest BCUT2D eigenvalue weighted by Crippen LogP contribution is -2.43. The summed E-state index contributed by atoms with van der Waals surface area (Å²) in [5.74, 6) is 0.623. The third-order valence-corrected chi connectivity index (χ3v) is 4.28. The fourth-order valence-corrected chi connectivity index (χ4v) is 2.95. The second kappa shape index (κ2) is 6.39. The standard InChI is InChI=1S/C17H24BrNO2/c1-12-9-10-19(16(20)21-17(2,3)4)15(11-12)13-5-7-14(18)8-6-13/h5-8,12,15H,9-11H2,1-4H3. The number of amides is 1. The van der Waals surface area contributed by atoms with E-state index in [-0.39, 0.29) is 12.1 Å². The molecule has 116 valence electrons. The molecule has 0 aromatic heterocycles. The summed E-state index contributed by atoms with van der Waals surface area (Å²) in [4.78, 5) is 14.3. The van der Waals surface area contributed by atoms with Crippen LogP contribution < -0.4 is 0 Å². The van der Waals surface area contributed by atoms with Crippen molar-refractivity contribution in [3.05, 3.63) is 34.3 Å². The molecular formula is C17H24BrNO2. The van der Waals surface area contributed by atoms with E-state index in [1.54, 1.807) is 0 Å². The molecule has 3 nitrogen and oxygen atoms in total. The maximum absolute atomic E-state index is 12.5. The Bertz CT molecular complexity index is 493. The second-order valence-electron chi connectivity index (χ2n) is 6.87. The fourth-order valence-electron chi connectivity index (χ4n) is 2.68. The predicted octanol–water partition coefficient (Wildman–Crippen LogP) is 5.16. The van der Waals surface area contributed by atoms with E-state index < -0.39 is 5.60 Å². The highest BCUT2D eigenvalue weighted by Crippen LogP contribution is 2.35. The summed E-state index contributed by atoms with van der Waals surface area (Å²) < 4.78 is 6.62. The first-order valence-corrected chi connectivity index (χ1v) is 8.30. The number of ether oxygens (including phenoxy) is 1. The average Bonchev–Trinajstić information content (AvgIpc) is 2.37. The number of hydrogen-bond donors (Lipinski definition) is 0. The first-order valence-electron chi connectivity index (χ1n) is 7.51. The summed E-state index contributed by atoms with van der Waals surface area (Å²) in [6.45, 7) is 8.74. The van der Waals surface area contributed by atoms with Crippen molar-refractivity contribution >= 4 is 22.0 Å². The van der Waals surface area contributed by atoms with Crippen LogP contribution in [0, 0.1) is 5.92 Å². The maximum Gasteiger partial charge on any atom is 0.410 e. The number of carbonyl (C=O) groups is 1. The molecular weight excluding hydrogens is 330 g/mol. The Morgan fingerprint density at radius 3 is 2.48 bits per heavy atom. The Morgan fingerprint density at radius 2 is 1.90 bits per heavy atom. The van der Waals surface area contributed by atoms with E-state index in [4.69, 9.17) is 4.74 Å². The number of halogens is 1. The Kier molecular flexibility index (Phi) is 4.97. The van der Waals surface area contributed by atoms with E-state index in [0.717, 1.165) is 23.9 Å². The van der Waals surface area contributed by atoms with Crippen LogP contribution in [0.25, 0.3) is 0 Å². The van der Waals surface area contributed by atoms with Gasteiger partial charge >= 0.3 is 6.09 Å². The van der Waals surface area contributed by atoms with Crippen molar-refractivity contribution in [2.75, 3.05) is 6.54 Å². The Hall–Kier alpha value is -1.03. The molecule has 1 aromatic rings. The number of nitrogens with zero attached hydrogens (tertiary/aromatic N) is 1. The second-order valence-corrected chi connectivity index (χ2v) is 7.79. The highest BCUT2D eigenvalue weighted by molar-refractivity contribution is 9.10. The molecule has 0 spiro atoms. The molecule has 21 heavy (non-hydrogen) atoms. The third-order valence-electron chi connectivity index (χ3n) is 3.75. The zero-order chi connectivity index (χ0) is 15.6. The van der Waals surface area contributed by atoms with Crippen molar-refractivity contribution in [3.8, 4) is 0 Å².